The molecule has 0 atom stereocenters. The number of carbonyl (C=O) groups excluding carboxylic acids is 1. The number of carbonyl (C=O) groups is 1. The highest BCUT2D eigenvalue weighted by molar-refractivity contribution is 6.31. The Kier molecular flexibility index (Phi) is 4.44. The topological polar surface area (TPSA) is 54.7 Å². The van der Waals surface area contributed by atoms with Crippen LogP contribution in [0.2, 0.25) is 5.02 Å². The van der Waals surface area contributed by atoms with E-state index in [4.69, 9.17) is 11.6 Å². The van der Waals surface area contributed by atoms with E-state index in [0.717, 1.165) is 18.4 Å². The lowest BCUT2D eigenvalue weighted by atomic mass is 10.1. The summed E-state index contributed by atoms with van der Waals surface area (Å²) in [6.45, 7) is 1.88. The zero-order chi connectivity index (χ0) is 19.1. The molecule has 0 bridgehead atoms. The Bertz CT molecular complexity index is 1090. The minimum Gasteiger partial charge on any atom is -0.331 e. The number of fused-ring (bicyclic) bond motifs is 1. The van der Waals surface area contributed by atoms with Crippen molar-refractivity contribution in [2.24, 2.45) is 0 Å². The Morgan fingerprint density at radius 3 is 2.81 bits per heavy atom. The number of aryl methyl sites for hydroxylation is 1. The molecular formula is C20H17ClFN3O2. The molecule has 1 aliphatic rings. The normalized spacial score (nSPS) is 13.7. The third-order valence-electron chi connectivity index (χ3n) is 4.72. The molecular weight excluding hydrogens is 369 g/mol. The second-order valence-electron chi connectivity index (χ2n) is 6.78. The standard InChI is InChI=1S/C20H17ClFN3O2/c1-12-5-8-18-23-9-14(20(27)25(18)10-12)19(26)24(13-6-7-13)11-15-16(21)3-2-4-17(15)22/h2-5,8-10,13H,6-7,11H2,1H3. The van der Waals surface area contributed by atoms with Crippen molar-refractivity contribution < 1.29 is 9.18 Å². The van der Waals surface area contributed by atoms with E-state index in [1.165, 1.54) is 27.6 Å². The molecule has 27 heavy (non-hydrogen) atoms. The molecule has 5 nitrogen and oxygen atoms in total. The molecule has 0 radical (unpaired) electrons. The summed E-state index contributed by atoms with van der Waals surface area (Å²) in [4.78, 5) is 31.7. The van der Waals surface area contributed by atoms with Crippen molar-refractivity contribution in [1.82, 2.24) is 14.3 Å². The van der Waals surface area contributed by atoms with Gasteiger partial charge in [-0.25, -0.2) is 9.37 Å². The zero-order valence-electron chi connectivity index (χ0n) is 14.7. The fourth-order valence-electron chi connectivity index (χ4n) is 3.09. The van der Waals surface area contributed by atoms with Crippen LogP contribution < -0.4 is 5.56 Å². The van der Waals surface area contributed by atoms with Gasteiger partial charge in [-0.2, -0.15) is 0 Å². The summed E-state index contributed by atoms with van der Waals surface area (Å²) in [6, 6.07) is 7.97. The van der Waals surface area contributed by atoms with Gasteiger partial charge in [0, 0.05) is 29.0 Å². The van der Waals surface area contributed by atoms with Gasteiger partial charge in [-0.3, -0.25) is 14.0 Å². The molecule has 0 N–H and O–H groups in total. The van der Waals surface area contributed by atoms with Gasteiger partial charge in [0.05, 0.1) is 6.54 Å². The summed E-state index contributed by atoms with van der Waals surface area (Å²) in [5, 5.41) is 0.262. The first-order valence-corrected chi connectivity index (χ1v) is 9.05. The Morgan fingerprint density at radius 1 is 1.33 bits per heavy atom. The van der Waals surface area contributed by atoms with Crippen molar-refractivity contribution in [2.45, 2.75) is 32.4 Å². The summed E-state index contributed by atoms with van der Waals surface area (Å²) in [7, 11) is 0. The number of aromatic nitrogens is 2. The number of pyridine rings is 1. The van der Waals surface area contributed by atoms with Gasteiger partial charge in [0.1, 0.15) is 17.0 Å². The molecule has 3 aromatic rings. The van der Waals surface area contributed by atoms with Gasteiger partial charge in [0.15, 0.2) is 0 Å². The highest BCUT2D eigenvalue weighted by atomic mass is 35.5. The minimum atomic E-state index is -0.468. The Morgan fingerprint density at radius 2 is 2.11 bits per heavy atom. The van der Waals surface area contributed by atoms with Gasteiger partial charge in [-0.05, 0) is 43.5 Å². The highest BCUT2D eigenvalue weighted by Crippen LogP contribution is 2.31. The predicted molar refractivity (Wildman–Crippen MR) is 101 cm³/mol. The van der Waals surface area contributed by atoms with E-state index >= 15 is 0 Å². The highest BCUT2D eigenvalue weighted by Gasteiger charge is 2.35. The monoisotopic (exact) mass is 385 g/mol. The second-order valence-corrected chi connectivity index (χ2v) is 7.18. The van der Waals surface area contributed by atoms with E-state index in [9.17, 15) is 14.0 Å². The van der Waals surface area contributed by atoms with Crippen LogP contribution in [0.15, 0.2) is 47.5 Å². The lowest BCUT2D eigenvalue weighted by Crippen LogP contribution is -2.37. The van der Waals surface area contributed by atoms with Crippen LogP contribution in [-0.4, -0.2) is 26.2 Å². The fraction of sp³-hybridized carbons (Fsp3) is 0.250. The van der Waals surface area contributed by atoms with Crippen LogP contribution in [0.25, 0.3) is 5.65 Å². The molecule has 2 heterocycles. The molecule has 1 saturated carbocycles. The van der Waals surface area contributed by atoms with E-state index in [1.807, 2.05) is 13.0 Å². The molecule has 0 saturated heterocycles. The molecule has 1 amide bonds. The maximum absolute atomic E-state index is 14.2. The van der Waals surface area contributed by atoms with Crippen molar-refractivity contribution >= 4 is 23.2 Å². The van der Waals surface area contributed by atoms with Crippen LogP contribution in [0.4, 0.5) is 4.39 Å². The van der Waals surface area contributed by atoms with Crippen LogP contribution in [0.3, 0.4) is 0 Å². The van der Waals surface area contributed by atoms with Crippen LogP contribution >= 0.6 is 11.6 Å². The average Bonchev–Trinajstić information content (AvgIpc) is 3.47. The fourth-order valence-corrected chi connectivity index (χ4v) is 3.31. The molecule has 0 unspecified atom stereocenters. The van der Waals surface area contributed by atoms with E-state index in [0.29, 0.717) is 5.65 Å². The smallest absolute Gasteiger partial charge is 0.270 e. The number of amides is 1. The van der Waals surface area contributed by atoms with Crippen molar-refractivity contribution in [1.29, 1.82) is 0 Å². The Labute approximate surface area is 160 Å². The van der Waals surface area contributed by atoms with E-state index in [1.54, 1.807) is 18.3 Å². The maximum Gasteiger partial charge on any atom is 0.270 e. The molecule has 7 heteroatoms. The predicted octanol–water partition coefficient (Wildman–Crippen LogP) is 3.60. The summed E-state index contributed by atoms with van der Waals surface area (Å²) >= 11 is 6.12. The summed E-state index contributed by atoms with van der Waals surface area (Å²) in [5.41, 5.74) is 1.14. The number of hydrogen-bond donors (Lipinski definition) is 0. The van der Waals surface area contributed by atoms with Gasteiger partial charge in [-0.15, -0.1) is 0 Å². The molecule has 138 valence electrons. The van der Waals surface area contributed by atoms with Gasteiger partial charge in [-0.1, -0.05) is 23.7 Å². The number of nitrogens with zero attached hydrogens (tertiary/aromatic N) is 3. The lowest BCUT2D eigenvalue weighted by molar-refractivity contribution is 0.0726. The quantitative estimate of drug-likeness (QED) is 0.689. The van der Waals surface area contributed by atoms with Crippen LogP contribution in [0.5, 0.6) is 0 Å². The Hall–Kier alpha value is -2.73. The summed E-state index contributed by atoms with van der Waals surface area (Å²) in [5.74, 6) is -0.921. The number of hydrogen-bond acceptors (Lipinski definition) is 3. The Balaban J connectivity index is 1.74. The summed E-state index contributed by atoms with van der Waals surface area (Å²) in [6.07, 6.45) is 4.59. The molecule has 0 aliphatic heterocycles. The molecule has 0 spiro atoms. The first-order valence-electron chi connectivity index (χ1n) is 8.67. The van der Waals surface area contributed by atoms with Crippen molar-refractivity contribution in [3.05, 3.63) is 80.6 Å². The number of halogens is 2. The second kappa shape index (κ2) is 6.78. The average molecular weight is 386 g/mol. The van der Waals surface area contributed by atoms with E-state index < -0.39 is 17.3 Å². The minimum absolute atomic E-state index is 0.0188. The van der Waals surface area contributed by atoms with Crippen LogP contribution in [0.1, 0.15) is 34.3 Å². The lowest BCUT2D eigenvalue weighted by Gasteiger charge is -2.23. The van der Waals surface area contributed by atoms with Gasteiger partial charge in [0.2, 0.25) is 0 Å². The first kappa shape index (κ1) is 17.7. The number of benzene rings is 1. The largest absolute Gasteiger partial charge is 0.331 e. The van der Waals surface area contributed by atoms with Crippen LogP contribution in [0, 0.1) is 12.7 Å². The SMILES string of the molecule is Cc1ccc2ncc(C(=O)N(Cc3c(F)cccc3Cl)C3CC3)c(=O)n2c1. The van der Waals surface area contributed by atoms with Crippen molar-refractivity contribution in [3.63, 3.8) is 0 Å². The molecule has 4 rings (SSSR count). The van der Waals surface area contributed by atoms with Gasteiger partial charge < -0.3 is 4.90 Å². The third-order valence-corrected chi connectivity index (χ3v) is 5.07. The van der Waals surface area contributed by atoms with Gasteiger partial charge in [0.25, 0.3) is 11.5 Å². The zero-order valence-corrected chi connectivity index (χ0v) is 15.4. The third kappa shape index (κ3) is 3.32. The molecule has 2 aromatic heterocycles. The van der Waals surface area contributed by atoms with Crippen molar-refractivity contribution in [3.8, 4) is 0 Å². The van der Waals surface area contributed by atoms with Gasteiger partial charge >= 0.3 is 0 Å². The van der Waals surface area contributed by atoms with E-state index in [-0.39, 0.29) is 28.7 Å². The van der Waals surface area contributed by atoms with Crippen LogP contribution in [-0.2, 0) is 6.54 Å². The first-order chi connectivity index (χ1) is 13.0. The number of rotatable bonds is 4. The molecule has 1 fully saturated rings. The molecule has 1 aromatic carbocycles. The summed E-state index contributed by atoms with van der Waals surface area (Å²) < 4.78 is 15.6. The van der Waals surface area contributed by atoms with E-state index in [2.05, 4.69) is 4.98 Å². The maximum atomic E-state index is 14.2. The van der Waals surface area contributed by atoms with Crippen molar-refractivity contribution in [2.75, 3.05) is 0 Å². The molecule has 1 aliphatic carbocycles.